The van der Waals surface area contributed by atoms with E-state index in [1.807, 2.05) is 69.3 Å². The Bertz CT molecular complexity index is 818. The van der Waals surface area contributed by atoms with Gasteiger partial charge in [-0.25, -0.2) is 0 Å². The minimum absolute atomic E-state index is 0.576. The first-order chi connectivity index (χ1) is 14.6. The average molecular weight is 412 g/mol. The molecule has 0 aliphatic carbocycles. The molecule has 0 unspecified atom stereocenters. The van der Waals surface area contributed by atoms with E-state index in [9.17, 15) is 0 Å². The van der Waals surface area contributed by atoms with Crippen LogP contribution in [0.5, 0.6) is 17.2 Å². The number of rotatable bonds is 12. The van der Waals surface area contributed by atoms with Crippen LogP contribution in [0.4, 0.5) is 0 Å². The van der Waals surface area contributed by atoms with Crippen LogP contribution in [0.3, 0.4) is 0 Å². The van der Waals surface area contributed by atoms with E-state index in [1.54, 1.807) is 7.11 Å². The Morgan fingerprint density at radius 2 is 1.60 bits per heavy atom. The number of ether oxygens (including phenoxy) is 3. The second kappa shape index (κ2) is 12.6. The molecule has 5 nitrogen and oxygen atoms in total. The highest BCUT2D eigenvalue weighted by molar-refractivity contribution is 6.00. The van der Waals surface area contributed by atoms with E-state index in [1.165, 1.54) is 0 Å². The van der Waals surface area contributed by atoms with Crippen LogP contribution in [-0.2, 0) is 4.84 Å². The van der Waals surface area contributed by atoms with Crippen molar-refractivity contribution in [3.8, 4) is 17.2 Å². The third-order valence-corrected chi connectivity index (χ3v) is 4.54. The molecular weight excluding hydrogens is 378 g/mol. The fourth-order valence-electron chi connectivity index (χ4n) is 3.06. The van der Waals surface area contributed by atoms with Crippen molar-refractivity contribution < 1.29 is 19.0 Å². The van der Waals surface area contributed by atoms with Gasteiger partial charge in [-0.15, -0.1) is 0 Å². The van der Waals surface area contributed by atoms with E-state index in [2.05, 4.69) is 12.1 Å². The van der Waals surface area contributed by atoms with Crippen molar-refractivity contribution in [3.05, 3.63) is 65.2 Å². The van der Waals surface area contributed by atoms with Crippen LogP contribution in [-0.4, -0.2) is 32.6 Å². The first-order valence-corrected chi connectivity index (χ1v) is 10.4. The van der Waals surface area contributed by atoms with Gasteiger partial charge in [0.05, 0.1) is 18.9 Å². The lowest BCUT2D eigenvalue weighted by atomic mass is 10.1. The lowest BCUT2D eigenvalue weighted by molar-refractivity contribution is 0.213. The molecule has 5 heteroatoms. The smallest absolute Gasteiger partial charge is 0.125 e. The Hall–Kier alpha value is -2.95. The lowest BCUT2D eigenvalue weighted by Gasteiger charge is -2.14. The van der Waals surface area contributed by atoms with Gasteiger partial charge in [0.15, 0.2) is 0 Å². The second-order valence-electron chi connectivity index (χ2n) is 6.92. The molecule has 2 rings (SSSR count). The molecule has 162 valence electrons. The summed E-state index contributed by atoms with van der Waals surface area (Å²) in [5, 5.41) is 4.04. The highest BCUT2D eigenvalue weighted by Crippen LogP contribution is 2.28. The van der Waals surface area contributed by atoms with Crippen LogP contribution in [0.15, 0.2) is 53.7 Å². The highest BCUT2D eigenvalue weighted by atomic mass is 16.6. The molecule has 0 radical (unpaired) electrons. The standard InChI is InChI=1S/C25H33NO4/c1-6-8-14-29-23-17-19(3)25(20(4)18-23)30-16-9-15-28-22-12-10-21(11-13-22)24(7-2)26-27-5/h6,8,10-13,17-18H,7,9,14-16H2,1-5H3/b8-6+,26-24?. The molecule has 0 heterocycles. The van der Waals surface area contributed by atoms with Gasteiger partial charge in [-0.3, -0.25) is 0 Å². The number of hydrogen-bond acceptors (Lipinski definition) is 5. The van der Waals surface area contributed by atoms with Crippen molar-refractivity contribution in [1.29, 1.82) is 0 Å². The molecule has 0 amide bonds. The van der Waals surface area contributed by atoms with Gasteiger partial charge in [0.2, 0.25) is 0 Å². The summed E-state index contributed by atoms with van der Waals surface area (Å²) in [6.45, 7) is 9.88. The van der Waals surface area contributed by atoms with Gasteiger partial charge in [-0.1, -0.05) is 24.2 Å². The van der Waals surface area contributed by atoms with Crippen LogP contribution < -0.4 is 14.2 Å². The number of allylic oxidation sites excluding steroid dienone is 1. The fraction of sp³-hybridized carbons (Fsp3) is 0.400. The van der Waals surface area contributed by atoms with Gasteiger partial charge in [-0.2, -0.15) is 0 Å². The summed E-state index contributed by atoms with van der Waals surface area (Å²) in [6.07, 6.45) is 5.57. The molecule has 0 aliphatic rings. The summed E-state index contributed by atoms with van der Waals surface area (Å²) in [7, 11) is 1.56. The maximum absolute atomic E-state index is 6.00. The Labute approximate surface area is 180 Å². The fourth-order valence-corrected chi connectivity index (χ4v) is 3.06. The summed E-state index contributed by atoms with van der Waals surface area (Å²) in [5.74, 6) is 2.62. The maximum atomic E-state index is 6.00. The van der Waals surface area contributed by atoms with E-state index in [-0.39, 0.29) is 0 Å². The average Bonchev–Trinajstić information content (AvgIpc) is 2.74. The summed E-state index contributed by atoms with van der Waals surface area (Å²) in [5.41, 5.74) is 4.11. The molecule has 0 spiro atoms. The zero-order valence-corrected chi connectivity index (χ0v) is 18.7. The minimum Gasteiger partial charge on any atom is -0.493 e. The zero-order valence-electron chi connectivity index (χ0n) is 18.7. The third kappa shape index (κ3) is 7.14. The first-order valence-electron chi connectivity index (χ1n) is 10.4. The van der Waals surface area contributed by atoms with Gasteiger partial charge in [0.25, 0.3) is 0 Å². The van der Waals surface area contributed by atoms with Gasteiger partial charge < -0.3 is 19.0 Å². The predicted molar refractivity (Wildman–Crippen MR) is 122 cm³/mol. The Morgan fingerprint density at radius 1 is 0.933 bits per heavy atom. The van der Waals surface area contributed by atoms with Crippen molar-refractivity contribution in [2.24, 2.45) is 5.16 Å². The Morgan fingerprint density at radius 3 is 2.20 bits per heavy atom. The van der Waals surface area contributed by atoms with Gasteiger partial charge in [0, 0.05) is 6.42 Å². The first kappa shape index (κ1) is 23.3. The number of oxime groups is 1. The van der Waals surface area contributed by atoms with Crippen LogP contribution in [0.25, 0.3) is 0 Å². The van der Waals surface area contributed by atoms with Crippen molar-refractivity contribution >= 4 is 5.71 Å². The summed E-state index contributed by atoms with van der Waals surface area (Å²) in [4.78, 5) is 4.89. The van der Waals surface area contributed by atoms with Gasteiger partial charge in [-0.05, 0) is 80.3 Å². The molecule has 0 fully saturated rings. The molecule has 0 saturated heterocycles. The second-order valence-corrected chi connectivity index (χ2v) is 6.92. The molecule has 0 saturated carbocycles. The van der Waals surface area contributed by atoms with Crippen LogP contribution in [0, 0.1) is 13.8 Å². The molecule has 0 N–H and O–H groups in total. The number of aryl methyl sites for hydroxylation is 2. The van der Waals surface area contributed by atoms with Crippen LogP contribution in [0.1, 0.15) is 43.4 Å². The zero-order chi connectivity index (χ0) is 21.8. The van der Waals surface area contributed by atoms with Gasteiger partial charge in [0.1, 0.15) is 31.0 Å². The largest absolute Gasteiger partial charge is 0.493 e. The quantitative estimate of drug-likeness (QED) is 0.190. The summed E-state index contributed by atoms with van der Waals surface area (Å²) < 4.78 is 17.6. The van der Waals surface area contributed by atoms with E-state index >= 15 is 0 Å². The minimum atomic E-state index is 0.576. The van der Waals surface area contributed by atoms with E-state index in [0.717, 1.165) is 52.5 Å². The van der Waals surface area contributed by atoms with E-state index < -0.39 is 0 Å². The van der Waals surface area contributed by atoms with Gasteiger partial charge >= 0.3 is 0 Å². The number of benzene rings is 2. The number of hydrogen-bond donors (Lipinski definition) is 0. The van der Waals surface area contributed by atoms with E-state index in [0.29, 0.717) is 19.8 Å². The topological polar surface area (TPSA) is 49.3 Å². The van der Waals surface area contributed by atoms with Crippen molar-refractivity contribution in [3.63, 3.8) is 0 Å². The monoisotopic (exact) mass is 411 g/mol. The summed E-state index contributed by atoms with van der Waals surface area (Å²) in [6, 6.07) is 11.9. The van der Waals surface area contributed by atoms with Crippen molar-refractivity contribution in [2.45, 2.75) is 40.5 Å². The third-order valence-electron chi connectivity index (χ3n) is 4.54. The molecule has 0 aliphatic heterocycles. The molecule has 2 aromatic rings. The van der Waals surface area contributed by atoms with Crippen LogP contribution >= 0.6 is 0 Å². The predicted octanol–water partition coefficient (Wildman–Crippen LogP) is 5.87. The van der Waals surface area contributed by atoms with Crippen molar-refractivity contribution in [2.75, 3.05) is 26.9 Å². The van der Waals surface area contributed by atoms with Crippen molar-refractivity contribution in [1.82, 2.24) is 0 Å². The molecule has 0 aromatic heterocycles. The molecular formula is C25H33NO4. The maximum Gasteiger partial charge on any atom is 0.125 e. The molecule has 2 aromatic carbocycles. The Balaban J connectivity index is 1.79. The highest BCUT2D eigenvalue weighted by Gasteiger charge is 2.08. The van der Waals surface area contributed by atoms with E-state index in [4.69, 9.17) is 19.0 Å². The molecule has 0 atom stereocenters. The lowest BCUT2D eigenvalue weighted by Crippen LogP contribution is -2.07. The SMILES string of the molecule is C/C=C/COc1cc(C)c(OCCCOc2ccc(C(CC)=NOC)cc2)c(C)c1. The molecule has 0 bridgehead atoms. The normalized spacial score (nSPS) is 11.6. The number of nitrogens with zero attached hydrogens (tertiary/aromatic N) is 1. The van der Waals surface area contributed by atoms with Crippen LogP contribution in [0.2, 0.25) is 0 Å². The summed E-state index contributed by atoms with van der Waals surface area (Å²) >= 11 is 0. The molecule has 30 heavy (non-hydrogen) atoms. The Kier molecular flexibility index (Phi) is 9.78.